The second-order valence-corrected chi connectivity index (χ2v) is 7.62. The lowest BCUT2D eigenvalue weighted by Crippen LogP contribution is -2.40. The fourth-order valence-corrected chi connectivity index (χ4v) is 3.91. The van der Waals surface area contributed by atoms with Gasteiger partial charge in [-0.25, -0.2) is 4.98 Å². The molecular formula is C21H27N7O. The Hall–Kier alpha value is -3.00. The molecular weight excluding hydrogens is 366 g/mol. The maximum Gasteiger partial charge on any atom is 0.251 e. The third kappa shape index (κ3) is 4.22. The number of H-pyrrole nitrogens is 1. The summed E-state index contributed by atoms with van der Waals surface area (Å²) in [6.45, 7) is 9.20. The molecule has 0 aliphatic carbocycles. The first-order valence-electron chi connectivity index (χ1n) is 10.0. The van der Waals surface area contributed by atoms with Gasteiger partial charge < -0.3 is 5.32 Å². The Bertz CT molecular complexity index is 978. The zero-order valence-corrected chi connectivity index (χ0v) is 17.1. The Morgan fingerprint density at radius 1 is 1.24 bits per heavy atom. The monoisotopic (exact) mass is 393 g/mol. The molecule has 1 fully saturated rings. The van der Waals surface area contributed by atoms with Crippen LogP contribution < -0.4 is 5.32 Å². The van der Waals surface area contributed by atoms with Crippen LogP contribution in [0.5, 0.6) is 0 Å². The first-order chi connectivity index (χ1) is 14.0. The van der Waals surface area contributed by atoms with Crippen LogP contribution in [-0.4, -0.2) is 54.9 Å². The Balaban J connectivity index is 1.52. The summed E-state index contributed by atoms with van der Waals surface area (Å²) in [5.41, 5.74) is 2.93. The van der Waals surface area contributed by atoms with Crippen LogP contribution in [0.25, 0.3) is 0 Å². The van der Waals surface area contributed by atoms with E-state index >= 15 is 0 Å². The van der Waals surface area contributed by atoms with E-state index in [1.807, 2.05) is 48.9 Å². The lowest BCUT2D eigenvalue weighted by molar-refractivity contribution is 0.0934. The number of amides is 1. The second-order valence-electron chi connectivity index (χ2n) is 7.62. The number of aromatic amines is 1. The van der Waals surface area contributed by atoms with E-state index < -0.39 is 0 Å². The smallest absolute Gasteiger partial charge is 0.251 e. The summed E-state index contributed by atoms with van der Waals surface area (Å²) in [5.74, 6) is 1.51. The van der Waals surface area contributed by atoms with E-state index in [1.54, 1.807) is 0 Å². The molecule has 4 rings (SSSR count). The van der Waals surface area contributed by atoms with Crippen molar-refractivity contribution in [3.63, 3.8) is 0 Å². The summed E-state index contributed by atoms with van der Waals surface area (Å²) in [5, 5.41) is 15.1. The van der Waals surface area contributed by atoms with Gasteiger partial charge in [0, 0.05) is 43.5 Å². The van der Waals surface area contributed by atoms with Gasteiger partial charge in [-0.05, 0) is 32.9 Å². The predicted molar refractivity (Wildman–Crippen MR) is 109 cm³/mol. The van der Waals surface area contributed by atoms with E-state index in [4.69, 9.17) is 0 Å². The van der Waals surface area contributed by atoms with Crippen molar-refractivity contribution >= 4 is 5.91 Å². The number of carbonyl (C=O) groups excluding carboxylic acids is 1. The van der Waals surface area contributed by atoms with Crippen LogP contribution in [-0.2, 0) is 13.1 Å². The van der Waals surface area contributed by atoms with E-state index in [1.165, 1.54) is 5.56 Å². The molecule has 1 amide bonds. The van der Waals surface area contributed by atoms with Crippen LogP contribution in [0.4, 0.5) is 0 Å². The van der Waals surface area contributed by atoms with E-state index in [-0.39, 0.29) is 17.9 Å². The second kappa shape index (κ2) is 8.16. The number of hydrogen-bond donors (Lipinski definition) is 2. The van der Waals surface area contributed by atoms with Gasteiger partial charge >= 0.3 is 0 Å². The van der Waals surface area contributed by atoms with Gasteiger partial charge in [0.25, 0.3) is 5.91 Å². The molecule has 29 heavy (non-hydrogen) atoms. The van der Waals surface area contributed by atoms with Gasteiger partial charge in [0.1, 0.15) is 5.82 Å². The molecule has 3 aromatic rings. The van der Waals surface area contributed by atoms with Crippen LogP contribution in [0.2, 0.25) is 0 Å². The van der Waals surface area contributed by atoms with Crippen LogP contribution >= 0.6 is 0 Å². The molecule has 152 valence electrons. The number of aromatic nitrogens is 5. The highest BCUT2D eigenvalue weighted by atomic mass is 16.1. The van der Waals surface area contributed by atoms with Gasteiger partial charge in [-0.2, -0.15) is 10.2 Å². The number of hydrogen-bond acceptors (Lipinski definition) is 5. The van der Waals surface area contributed by atoms with Crippen molar-refractivity contribution in [3.05, 3.63) is 65.0 Å². The SMILES string of the molecule is CCn1cc(CN2C[C@@H](NC(=O)c3ccccc3)[C@H](c3n[nH]c(C)n3)C2)c(C)n1. The number of aryl methyl sites for hydroxylation is 3. The van der Waals surface area contributed by atoms with Crippen LogP contribution in [0.3, 0.4) is 0 Å². The maximum absolute atomic E-state index is 12.8. The van der Waals surface area contributed by atoms with Crippen LogP contribution in [0, 0.1) is 13.8 Å². The molecule has 8 nitrogen and oxygen atoms in total. The van der Waals surface area contributed by atoms with Crippen LogP contribution in [0.15, 0.2) is 36.5 Å². The molecule has 2 atom stereocenters. The fourth-order valence-electron chi connectivity index (χ4n) is 3.91. The third-order valence-electron chi connectivity index (χ3n) is 5.46. The van der Waals surface area contributed by atoms with Crippen molar-refractivity contribution in [2.24, 2.45) is 0 Å². The van der Waals surface area contributed by atoms with E-state index in [2.05, 4.69) is 43.6 Å². The summed E-state index contributed by atoms with van der Waals surface area (Å²) in [6.07, 6.45) is 2.11. The first-order valence-corrected chi connectivity index (χ1v) is 10.0. The average Bonchev–Trinajstić information content (AvgIpc) is 3.42. The number of likely N-dealkylation sites (tertiary alicyclic amines) is 1. The Morgan fingerprint density at radius 3 is 2.69 bits per heavy atom. The lowest BCUT2D eigenvalue weighted by Gasteiger charge is -2.18. The maximum atomic E-state index is 12.8. The van der Waals surface area contributed by atoms with Gasteiger partial charge in [0.15, 0.2) is 5.82 Å². The number of benzene rings is 1. The van der Waals surface area contributed by atoms with E-state index in [0.29, 0.717) is 5.56 Å². The minimum atomic E-state index is -0.0651. The molecule has 0 spiro atoms. The standard InChI is InChI=1S/C21H27N7O/c1-4-28-11-17(14(2)26-28)10-27-12-18(20-22-15(3)24-25-20)19(13-27)23-21(29)16-8-6-5-7-9-16/h5-9,11,18-19H,4,10,12-13H2,1-3H3,(H,23,29)(H,22,24,25)/t18-,19-/m1/s1. The number of nitrogens with one attached hydrogen (secondary N) is 2. The van der Waals surface area contributed by atoms with E-state index in [0.717, 1.165) is 43.5 Å². The lowest BCUT2D eigenvalue weighted by atomic mass is 10.0. The minimum absolute atomic E-state index is 0.0362. The number of nitrogens with zero attached hydrogens (tertiary/aromatic N) is 5. The molecule has 2 N–H and O–H groups in total. The summed E-state index contributed by atoms with van der Waals surface area (Å²) in [7, 11) is 0. The molecule has 0 saturated carbocycles. The number of rotatable bonds is 6. The Kier molecular flexibility index (Phi) is 5.44. The molecule has 1 saturated heterocycles. The highest BCUT2D eigenvalue weighted by molar-refractivity contribution is 5.94. The van der Waals surface area contributed by atoms with Crippen molar-refractivity contribution in [2.45, 2.75) is 45.8 Å². The number of carbonyl (C=O) groups is 1. The zero-order valence-electron chi connectivity index (χ0n) is 17.1. The summed E-state index contributed by atoms with van der Waals surface area (Å²) in [4.78, 5) is 19.6. The average molecular weight is 393 g/mol. The summed E-state index contributed by atoms with van der Waals surface area (Å²) < 4.78 is 1.96. The summed E-state index contributed by atoms with van der Waals surface area (Å²) >= 11 is 0. The normalized spacial score (nSPS) is 19.6. The van der Waals surface area contributed by atoms with Gasteiger partial charge in [-0.3, -0.25) is 19.5 Å². The molecule has 3 heterocycles. The Morgan fingerprint density at radius 2 is 2.03 bits per heavy atom. The minimum Gasteiger partial charge on any atom is -0.347 e. The zero-order chi connectivity index (χ0) is 20.4. The molecule has 0 unspecified atom stereocenters. The topological polar surface area (TPSA) is 91.7 Å². The molecule has 0 radical (unpaired) electrons. The molecule has 2 aromatic heterocycles. The quantitative estimate of drug-likeness (QED) is 0.669. The van der Waals surface area contributed by atoms with Crippen molar-refractivity contribution in [1.82, 2.24) is 35.2 Å². The van der Waals surface area contributed by atoms with Gasteiger partial charge in [-0.15, -0.1) is 0 Å². The highest BCUT2D eigenvalue weighted by Crippen LogP contribution is 2.27. The van der Waals surface area contributed by atoms with Crippen molar-refractivity contribution in [1.29, 1.82) is 0 Å². The summed E-state index contributed by atoms with van der Waals surface area (Å²) in [6, 6.07) is 9.26. The van der Waals surface area contributed by atoms with Crippen LogP contribution in [0.1, 0.15) is 46.1 Å². The fraction of sp³-hybridized carbons (Fsp3) is 0.429. The molecule has 0 bridgehead atoms. The largest absolute Gasteiger partial charge is 0.347 e. The molecule has 8 heteroatoms. The molecule has 1 aliphatic heterocycles. The van der Waals surface area contributed by atoms with E-state index in [9.17, 15) is 4.79 Å². The Labute approximate surface area is 170 Å². The molecule has 1 aliphatic rings. The third-order valence-corrected chi connectivity index (χ3v) is 5.46. The van der Waals surface area contributed by atoms with Gasteiger partial charge in [-0.1, -0.05) is 18.2 Å². The van der Waals surface area contributed by atoms with Crippen molar-refractivity contribution in [2.75, 3.05) is 13.1 Å². The van der Waals surface area contributed by atoms with Gasteiger partial charge in [0.2, 0.25) is 0 Å². The van der Waals surface area contributed by atoms with Crippen molar-refractivity contribution in [3.8, 4) is 0 Å². The van der Waals surface area contributed by atoms with Gasteiger partial charge in [0.05, 0.1) is 17.7 Å². The predicted octanol–water partition coefficient (Wildman–Crippen LogP) is 2.04. The first kappa shape index (κ1) is 19.3. The molecule has 1 aromatic carbocycles. The van der Waals surface area contributed by atoms with Crippen molar-refractivity contribution < 1.29 is 4.79 Å². The highest BCUT2D eigenvalue weighted by Gasteiger charge is 2.37.